The minimum atomic E-state index is -0.373. The molecule has 0 bridgehead atoms. The Hall–Kier alpha value is -1.87. The summed E-state index contributed by atoms with van der Waals surface area (Å²) in [5, 5.41) is 2.89. The Morgan fingerprint density at radius 2 is 1.07 bits per heavy atom. The second-order valence-corrected chi connectivity index (χ2v) is 11.3. The van der Waals surface area contributed by atoms with Crippen LogP contribution in [0, 0.1) is 12.3 Å². The van der Waals surface area contributed by atoms with Crippen LogP contribution in [0.25, 0.3) is 0 Å². The zero-order valence-corrected chi connectivity index (χ0v) is 29.5. The molecule has 1 amide bonds. The van der Waals surface area contributed by atoms with Gasteiger partial charge in [0.15, 0.2) is 5.78 Å². The second-order valence-electron chi connectivity index (χ2n) is 11.3. The monoisotopic (exact) mass is 597 g/mol. The number of nitrogens with two attached hydrogens (primary N) is 1. The zero-order valence-electron chi connectivity index (χ0n) is 29.5. The summed E-state index contributed by atoms with van der Waals surface area (Å²) in [4.78, 5) is 35.4. The average molecular weight is 597 g/mol. The molecule has 0 spiro atoms. The molecule has 0 heterocycles. The van der Waals surface area contributed by atoms with Crippen LogP contribution in [-0.4, -0.2) is 35.8 Å². The van der Waals surface area contributed by atoms with Crippen LogP contribution < -0.4 is 11.1 Å². The Bertz CT molecular complexity index is 635. The third kappa shape index (κ3) is 42.6. The Morgan fingerprint density at radius 1 is 0.714 bits per heavy atom. The van der Waals surface area contributed by atoms with Gasteiger partial charge in [0.05, 0.1) is 6.04 Å². The second kappa shape index (κ2) is 37.2. The number of hydrogen-bond acceptors (Lipinski definition) is 5. The molecule has 1 atom stereocenters. The summed E-state index contributed by atoms with van der Waals surface area (Å²) in [6, 6.07) is -0.349. The SMILES string of the molecule is C#CC.CC.CC.CC(=O)C(CCCCN)NC(=O)CCCCCCCCCCCCCCCCC(=O)OC(C)(C)C. The van der Waals surface area contributed by atoms with Gasteiger partial charge in [-0.1, -0.05) is 105 Å². The number of terminal acetylenes is 1. The van der Waals surface area contributed by atoms with E-state index in [0.29, 0.717) is 25.8 Å². The van der Waals surface area contributed by atoms with E-state index in [1.165, 1.54) is 64.2 Å². The van der Waals surface area contributed by atoms with E-state index < -0.39 is 0 Å². The summed E-state index contributed by atoms with van der Waals surface area (Å²) < 4.78 is 5.33. The van der Waals surface area contributed by atoms with Crippen molar-refractivity contribution in [1.29, 1.82) is 0 Å². The molecule has 0 aromatic heterocycles. The summed E-state index contributed by atoms with van der Waals surface area (Å²) in [6.07, 6.45) is 24.9. The zero-order chi connectivity index (χ0) is 33.1. The van der Waals surface area contributed by atoms with E-state index in [-0.39, 0.29) is 29.3 Å². The van der Waals surface area contributed by atoms with Crippen LogP contribution in [0.4, 0.5) is 0 Å². The molecule has 42 heavy (non-hydrogen) atoms. The average Bonchev–Trinajstić information content (AvgIpc) is 2.94. The molecule has 6 heteroatoms. The molecule has 0 aromatic rings. The lowest BCUT2D eigenvalue weighted by atomic mass is 10.0. The molecule has 0 rings (SSSR count). The predicted octanol–water partition coefficient (Wildman–Crippen LogP) is 9.46. The third-order valence-electron chi connectivity index (χ3n) is 6.23. The van der Waals surface area contributed by atoms with Crippen molar-refractivity contribution in [2.45, 2.75) is 196 Å². The Balaban J connectivity index is -0.000000942. The number of hydrogen-bond donors (Lipinski definition) is 2. The fraction of sp³-hybridized carbons (Fsp3) is 0.861. The number of ketones is 1. The number of ether oxygens (including phenoxy) is 1. The van der Waals surface area contributed by atoms with Crippen molar-refractivity contribution < 1.29 is 19.1 Å². The number of amides is 1. The smallest absolute Gasteiger partial charge is 0.306 e. The number of nitrogens with one attached hydrogen (secondary N) is 1. The quantitative estimate of drug-likeness (QED) is 0.0695. The van der Waals surface area contributed by atoms with Crippen molar-refractivity contribution in [1.82, 2.24) is 5.32 Å². The van der Waals surface area contributed by atoms with E-state index in [2.05, 4.69) is 17.7 Å². The highest BCUT2D eigenvalue weighted by atomic mass is 16.6. The molecule has 6 nitrogen and oxygen atoms in total. The summed E-state index contributed by atoms with van der Waals surface area (Å²) >= 11 is 0. The summed E-state index contributed by atoms with van der Waals surface area (Å²) in [5.41, 5.74) is 5.12. The molecule has 0 saturated carbocycles. The lowest BCUT2D eigenvalue weighted by molar-refractivity contribution is -0.155. The Labute approximate surface area is 262 Å². The highest BCUT2D eigenvalue weighted by Gasteiger charge is 2.16. The summed E-state index contributed by atoms with van der Waals surface area (Å²) in [6.45, 7) is 17.6. The fourth-order valence-electron chi connectivity index (χ4n) is 4.21. The van der Waals surface area contributed by atoms with Crippen LogP contribution in [0.2, 0.25) is 0 Å². The minimum absolute atomic E-state index is 0.000916. The summed E-state index contributed by atoms with van der Waals surface area (Å²) in [7, 11) is 0. The van der Waals surface area contributed by atoms with Gasteiger partial charge in [-0.15, -0.1) is 12.3 Å². The van der Waals surface area contributed by atoms with E-state index >= 15 is 0 Å². The molecular formula is C36H72N2O4. The number of Topliss-reactive ketones (excluding diaryl/α,β-unsaturated/α-hetero) is 1. The molecule has 1 unspecified atom stereocenters. The maximum absolute atomic E-state index is 12.1. The van der Waals surface area contributed by atoms with Gasteiger partial charge >= 0.3 is 5.97 Å². The molecule has 0 aliphatic heterocycles. The normalized spacial score (nSPS) is 10.8. The lowest BCUT2D eigenvalue weighted by Gasteiger charge is -2.19. The van der Waals surface area contributed by atoms with Gasteiger partial charge in [-0.2, -0.15) is 0 Å². The van der Waals surface area contributed by atoms with E-state index in [9.17, 15) is 14.4 Å². The number of esters is 1. The van der Waals surface area contributed by atoms with Gasteiger partial charge in [0, 0.05) is 12.8 Å². The standard InChI is InChI=1S/C29H56N2O4.C3H4.2C2H6/c1-25(32)26(21-19-20-24-30)31-27(33)22-17-15-13-11-9-7-5-6-8-10-12-14-16-18-23-28(34)35-29(2,3)4;1-3-2;2*1-2/h26H,5-24,30H2,1-4H3,(H,31,33);1H,2H3;2*1-2H3. The van der Waals surface area contributed by atoms with Crippen LogP contribution in [0.1, 0.15) is 184 Å². The number of carbonyl (C=O) groups excluding carboxylic acids is 3. The van der Waals surface area contributed by atoms with Crippen molar-refractivity contribution in [2.75, 3.05) is 6.54 Å². The maximum atomic E-state index is 12.1. The predicted molar refractivity (Wildman–Crippen MR) is 182 cm³/mol. The van der Waals surface area contributed by atoms with Crippen LogP contribution in [-0.2, 0) is 19.1 Å². The van der Waals surface area contributed by atoms with Crippen molar-refractivity contribution in [2.24, 2.45) is 5.73 Å². The molecule has 0 fully saturated rings. The Morgan fingerprint density at radius 3 is 1.40 bits per heavy atom. The van der Waals surface area contributed by atoms with Crippen molar-refractivity contribution >= 4 is 17.7 Å². The molecule has 0 aliphatic carbocycles. The largest absolute Gasteiger partial charge is 0.460 e. The highest BCUT2D eigenvalue weighted by molar-refractivity contribution is 5.87. The van der Waals surface area contributed by atoms with Gasteiger partial charge in [0.1, 0.15) is 5.60 Å². The van der Waals surface area contributed by atoms with E-state index in [0.717, 1.165) is 38.5 Å². The first kappa shape index (κ1) is 47.1. The van der Waals surface area contributed by atoms with Gasteiger partial charge in [0.2, 0.25) is 5.91 Å². The first-order valence-corrected chi connectivity index (χ1v) is 17.2. The van der Waals surface area contributed by atoms with Crippen LogP contribution in [0.3, 0.4) is 0 Å². The lowest BCUT2D eigenvalue weighted by Crippen LogP contribution is -2.39. The number of rotatable bonds is 23. The van der Waals surface area contributed by atoms with Gasteiger partial charge < -0.3 is 15.8 Å². The molecule has 0 aromatic carbocycles. The highest BCUT2D eigenvalue weighted by Crippen LogP contribution is 2.15. The van der Waals surface area contributed by atoms with E-state index in [4.69, 9.17) is 10.5 Å². The fourth-order valence-corrected chi connectivity index (χ4v) is 4.21. The molecule has 0 radical (unpaired) electrons. The van der Waals surface area contributed by atoms with Crippen LogP contribution >= 0.6 is 0 Å². The van der Waals surface area contributed by atoms with E-state index in [1.54, 1.807) is 13.8 Å². The summed E-state index contributed by atoms with van der Waals surface area (Å²) in [5.74, 6) is 2.21. The van der Waals surface area contributed by atoms with Gasteiger partial charge in [-0.05, 0) is 73.3 Å². The van der Waals surface area contributed by atoms with Gasteiger partial charge in [-0.3, -0.25) is 14.4 Å². The number of unbranched alkanes of at least 4 members (excludes halogenated alkanes) is 14. The minimum Gasteiger partial charge on any atom is -0.460 e. The maximum Gasteiger partial charge on any atom is 0.306 e. The molecule has 3 N–H and O–H groups in total. The molecule has 250 valence electrons. The van der Waals surface area contributed by atoms with Crippen molar-refractivity contribution in [3.8, 4) is 12.3 Å². The van der Waals surface area contributed by atoms with Gasteiger partial charge in [0.25, 0.3) is 0 Å². The first-order chi connectivity index (χ1) is 20.1. The van der Waals surface area contributed by atoms with Crippen LogP contribution in [0.5, 0.6) is 0 Å². The van der Waals surface area contributed by atoms with Crippen molar-refractivity contribution in [3.63, 3.8) is 0 Å². The molecule has 0 aliphatic rings. The van der Waals surface area contributed by atoms with Gasteiger partial charge in [-0.25, -0.2) is 0 Å². The van der Waals surface area contributed by atoms with Crippen LogP contribution in [0.15, 0.2) is 0 Å². The topological polar surface area (TPSA) is 98.5 Å². The van der Waals surface area contributed by atoms with Crippen molar-refractivity contribution in [3.05, 3.63) is 0 Å². The van der Waals surface area contributed by atoms with E-state index in [1.807, 2.05) is 48.5 Å². The molecular weight excluding hydrogens is 524 g/mol. The third-order valence-corrected chi connectivity index (χ3v) is 6.23. The first-order valence-electron chi connectivity index (χ1n) is 17.2. The molecule has 0 saturated heterocycles. The number of carbonyl (C=O) groups is 3. The Kier molecular flexibility index (Phi) is 41.6.